The standard InChI is InChI=1S/C25H20ClN7O3/c1-36-18-5-3-2-4-13(18)21-14-10-15(25(35)30-16(14)6-7-28-21)23-29-17-11-19(26)31-24(22(17)32-23)33-9-8-27-20(34)12-33/h2-7,10-11H,8-9,12H2,1H3,(H,27,34)(H,29,32)(H,30,35)/i1D3. The fourth-order valence-corrected chi connectivity index (χ4v) is 4.59. The van der Waals surface area contributed by atoms with Gasteiger partial charge in [-0.2, -0.15) is 0 Å². The van der Waals surface area contributed by atoms with E-state index in [0.717, 1.165) is 0 Å². The van der Waals surface area contributed by atoms with Crippen LogP contribution >= 0.6 is 11.6 Å². The number of piperazine rings is 1. The molecule has 1 aliphatic rings. The van der Waals surface area contributed by atoms with Gasteiger partial charge in [0.1, 0.15) is 22.2 Å². The average molecular weight is 505 g/mol. The van der Waals surface area contributed by atoms with Crippen LogP contribution in [0.4, 0.5) is 5.82 Å². The molecule has 0 bridgehead atoms. The number of anilines is 1. The first-order valence-corrected chi connectivity index (χ1v) is 11.4. The van der Waals surface area contributed by atoms with Gasteiger partial charge in [0.25, 0.3) is 5.56 Å². The van der Waals surface area contributed by atoms with Crippen LogP contribution in [0.5, 0.6) is 5.75 Å². The Labute approximate surface area is 213 Å². The number of pyridine rings is 3. The third-order valence-electron chi connectivity index (χ3n) is 6.04. The van der Waals surface area contributed by atoms with E-state index in [1.165, 1.54) is 6.20 Å². The first-order chi connectivity index (χ1) is 18.7. The van der Waals surface area contributed by atoms with Crippen LogP contribution < -0.4 is 20.5 Å². The van der Waals surface area contributed by atoms with Gasteiger partial charge in [0.15, 0.2) is 5.82 Å². The monoisotopic (exact) mass is 504 g/mol. The molecule has 1 aliphatic heterocycles. The molecule has 0 radical (unpaired) electrons. The fourth-order valence-electron chi connectivity index (χ4n) is 4.40. The number of hydrogen-bond acceptors (Lipinski definition) is 7. The van der Waals surface area contributed by atoms with E-state index in [0.29, 0.717) is 52.1 Å². The van der Waals surface area contributed by atoms with E-state index in [1.807, 2.05) is 0 Å². The van der Waals surface area contributed by atoms with E-state index < -0.39 is 12.6 Å². The van der Waals surface area contributed by atoms with Crippen LogP contribution in [-0.2, 0) is 4.79 Å². The molecule has 0 atom stereocenters. The van der Waals surface area contributed by atoms with E-state index >= 15 is 0 Å². The first kappa shape index (κ1) is 18.8. The molecule has 10 nitrogen and oxygen atoms in total. The summed E-state index contributed by atoms with van der Waals surface area (Å²) in [6, 6.07) is 11.6. The molecule has 1 fully saturated rings. The zero-order chi connectivity index (χ0) is 27.3. The molecule has 0 saturated carbocycles. The van der Waals surface area contributed by atoms with Crippen molar-refractivity contribution in [1.82, 2.24) is 30.2 Å². The summed E-state index contributed by atoms with van der Waals surface area (Å²) in [5.41, 5.74) is 2.21. The van der Waals surface area contributed by atoms with E-state index in [1.54, 1.807) is 47.4 Å². The predicted octanol–water partition coefficient (Wildman–Crippen LogP) is 3.13. The van der Waals surface area contributed by atoms with Crippen molar-refractivity contribution in [2.45, 2.75) is 0 Å². The number of nitrogens with one attached hydrogen (secondary N) is 3. The largest absolute Gasteiger partial charge is 0.496 e. The number of methoxy groups -OCH3 is 1. The first-order valence-electron chi connectivity index (χ1n) is 12.5. The van der Waals surface area contributed by atoms with E-state index in [4.69, 9.17) is 20.5 Å². The Kier molecular flexibility index (Phi) is 4.53. The molecule has 36 heavy (non-hydrogen) atoms. The molecule has 1 amide bonds. The third kappa shape index (κ3) is 3.72. The molecule has 0 spiro atoms. The summed E-state index contributed by atoms with van der Waals surface area (Å²) in [7, 11) is -2.66. The van der Waals surface area contributed by atoms with Gasteiger partial charge >= 0.3 is 0 Å². The van der Waals surface area contributed by atoms with Crippen molar-refractivity contribution >= 4 is 45.3 Å². The Balaban J connectivity index is 1.51. The highest BCUT2D eigenvalue weighted by Gasteiger charge is 2.23. The third-order valence-corrected chi connectivity index (χ3v) is 6.23. The number of benzene rings is 1. The molecule has 1 aromatic carbocycles. The number of carbonyl (C=O) groups excluding carboxylic acids is 1. The predicted molar refractivity (Wildman–Crippen MR) is 137 cm³/mol. The minimum absolute atomic E-state index is 0.105. The normalized spacial score (nSPS) is 15.4. The number of aromatic nitrogens is 5. The Morgan fingerprint density at radius 2 is 1.97 bits per heavy atom. The summed E-state index contributed by atoms with van der Waals surface area (Å²) in [5.74, 6) is 0.692. The van der Waals surface area contributed by atoms with Gasteiger partial charge in [0.05, 0.1) is 40.0 Å². The number of carbonyl (C=O) groups is 1. The van der Waals surface area contributed by atoms with Gasteiger partial charge in [-0.25, -0.2) is 9.97 Å². The molecule has 11 heteroatoms. The van der Waals surface area contributed by atoms with Crippen LogP contribution in [0.2, 0.25) is 5.15 Å². The van der Waals surface area contributed by atoms with Gasteiger partial charge in [0.2, 0.25) is 5.91 Å². The molecular weight excluding hydrogens is 482 g/mol. The van der Waals surface area contributed by atoms with Crippen LogP contribution in [0.25, 0.3) is 44.6 Å². The summed E-state index contributed by atoms with van der Waals surface area (Å²) < 4.78 is 27.8. The molecule has 5 heterocycles. The van der Waals surface area contributed by atoms with Crippen LogP contribution in [0, 0.1) is 0 Å². The molecular formula is C25H20ClN7O3. The summed E-state index contributed by atoms with van der Waals surface area (Å²) >= 11 is 6.28. The minimum atomic E-state index is -2.66. The zero-order valence-corrected chi connectivity index (χ0v) is 19.4. The zero-order valence-electron chi connectivity index (χ0n) is 21.6. The van der Waals surface area contributed by atoms with Crippen LogP contribution in [-0.4, -0.2) is 57.5 Å². The SMILES string of the molecule is [2H]C([2H])([2H])Oc1ccccc1-c1nccc2[nH]c(=O)c(-c3nc4c(N5CCNC(=O)C5)nc(Cl)cc4[nH]3)cc12. The lowest BCUT2D eigenvalue weighted by Crippen LogP contribution is -2.48. The van der Waals surface area contributed by atoms with Crippen molar-refractivity contribution < 1.29 is 13.6 Å². The van der Waals surface area contributed by atoms with Crippen molar-refractivity contribution in [2.75, 3.05) is 31.6 Å². The molecule has 3 N–H and O–H groups in total. The lowest BCUT2D eigenvalue weighted by molar-refractivity contribution is -0.120. The molecule has 0 unspecified atom stereocenters. The number of hydrogen-bond donors (Lipinski definition) is 3. The van der Waals surface area contributed by atoms with Crippen molar-refractivity contribution in [3.63, 3.8) is 0 Å². The van der Waals surface area contributed by atoms with Crippen LogP contribution in [0.3, 0.4) is 0 Å². The fraction of sp³-hybridized carbons (Fsp3) is 0.160. The second-order valence-electron chi connectivity index (χ2n) is 8.25. The van der Waals surface area contributed by atoms with Crippen molar-refractivity contribution in [3.05, 3.63) is 64.2 Å². The van der Waals surface area contributed by atoms with Gasteiger partial charge in [-0.05, 0) is 24.3 Å². The minimum Gasteiger partial charge on any atom is -0.496 e. The Morgan fingerprint density at radius 1 is 1.08 bits per heavy atom. The lowest BCUT2D eigenvalue weighted by Gasteiger charge is -2.27. The second kappa shape index (κ2) is 8.65. The van der Waals surface area contributed by atoms with Crippen LogP contribution in [0.1, 0.15) is 4.11 Å². The maximum Gasteiger partial charge on any atom is 0.259 e. The number of nitrogens with zero attached hydrogens (tertiary/aromatic N) is 4. The highest BCUT2D eigenvalue weighted by Crippen LogP contribution is 2.34. The highest BCUT2D eigenvalue weighted by molar-refractivity contribution is 6.30. The van der Waals surface area contributed by atoms with Gasteiger partial charge in [-0.1, -0.05) is 23.7 Å². The number of H-pyrrole nitrogens is 2. The smallest absolute Gasteiger partial charge is 0.259 e. The number of para-hydroxylation sites is 1. The molecule has 1 saturated heterocycles. The molecule has 6 rings (SSSR count). The Bertz CT molecular complexity index is 1820. The second-order valence-corrected chi connectivity index (χ2v) is 8.64. The Hall–Kier alpha value is -4.44. The number of halogens is 1. The number of rotatable bonds is 4. The van der Waals surface area contributed by atoms with E-state index in [-0.39, 0.29) is 34.7 Å². The van der Waals surface area contributed by atoms with Crippen molar-refractivity contribution in [3.8, 4) is 28.4 Å². The number of imidazole rings is 1. The van der Waals surface area contributed by atoms with Gasteiger partial charge in [-0.15, -0.1) is 0 Å². The Morgan fingerprint density at radius 3 is 2.83 bits per heavy atom. The van der Waals surface area contributed by atoms with E-state index in [2.05, 4.69) is 30.2 Å². The van der Waals surface area contributed by atoms with E-state index in [9.17, 15) is 9.59 Å². The number of ether oxygens (including phenoxy) is 1. The molecule has 5 aromatic rings. The number of amides is 1. The van der Waals surface area contributed by atoms with Crippen molar-refractivity contribution in [1.29, 1.82) is 0 Å². The van der Waals surface area contributed by atoms with Gasteiger partial charge in [0, 0.05) is 36.3 Å². The lowest BCUT2D eigenvalue weighted by atomic mass is 10.0. The molecule has 0 aliphatic carbocycles. The summed E-state index contributed by atoms with van der Waals surface area (Å²) in [4.78, 5) is 46.5. The summed E-state index contributed by atoms with van der Waals surface area (Å²) in [6.45, 7) is 1.09. The topological polar surface area (TPSA) is 129 Å². The maximum atomic E-state index is 13.2. The summed E-state index contributed by atoms with van der Waals surface area (Å²) in [5, 5.41) is 3.54. The number of aromatic amines is 2. The van der Waals surface area contributed by atoms with Crippen molar-refractivity contribution in [2.24, 2.45) is 0 Å². The van der Waals surface area contributed by atoms with Crippen LogP contribution in [0.15, 0.2) is 53.5 Å². The van der Waals surface area contributed by atoms with Gasteiger partial charge < -0.3 is 24.9 Å². The molecule has 4 aromatic heterocycles. The molecule has 180 valence electrons. The van der Waals surface area contributed by atoms with Gasteiger partial charge in [-0.3, -0.25) is 14.6 Å². The summed E-state index contributed by atoms with van der Waals surface area (Å²) in [6.07, 6.45) is 1.52. The number of fused-ring (bicyclic) bond motifs is 2. The maximum absolute atomic E-state index is 13.2. The quantitative estimate of drug-likeness (QED) is 0.321. The average Bonchev–Trinajstić information content (AvgIpc) is 3.30. The highest BCUT2D eigenvalue weighted by atomic mass is 35.5.